The highest BCUT2D eigenvalue weighted by atomic mass is 32.1. The van der Waals surface area contributed by atoms with Gasteiger partial charge in [-0.05, 0) is 13.3 Å². The van der Waals surface area contributed by atoms with E-state index in [1.807, 2.05) is 18.4 Å². The third kappa shape index (κ3) is 6.88. The lowest BCUT2D eigenvalue weighted by molar-refractivity contribution is -0.700. The summed E-state index contributed by atoms with van der Waals surface area (Å²) in [6, 6.07) is 0. The highest BCUT2D eigenvalue weighted by Gasteiger charge is 2.33. The molecule has 12 nitrogen and oxygen atoms in total. The highest BCUT2D eigenvalue weighted by Crippen LogP contribution is 2.57. The van der Waals surface area contributed by atoms with Crippen molar-refractivity contribution in [3.05, 3.63) is 33.2 Å². The minimum atomic E-state index is -5.17. The summed E-state index contributed by atoms with van der Waals surface area (Å²) in [5.41, 5.74) is 7.43. The molecule has 0 aliphatic heterocycles. The second kappa shape index (κ2) is 9.90. The first kappa shape index (κ1) is 25.0. The Labute approximate surface area is 177 Å². The highest BCUT2D eigenvalue weighted by molar-refractivity contribution is 7.60. The Hall–Kier alpha value is -1.27. The normalized spacial score (nSPS) is 15.2. The van der Waals surface area contributed by atoms with Crippen molar-refractivity contribution in [3.63, 3.8) is 0 Å². The molecule has 15 heteroatoms. The van der Waals surface area contributed by atoms with Crippen molar-refractivity contribution in [1.29, 1.82) is 0 Å². The minimum absolute atomic E-state index is 0.155. The maximum Gasteiger partial charge on any atom is 0.481 e. The number of phosphoric ester groups is 1. The number of aromatic nitrogens is 3. The van der Waals surface area contributed by atoms with Crippen molar-refractivity contribution in [1.82, 2.24) is 9.97 Å². The molecule has 0 spiro atoms. The van der Waals surface area contributed by atoms with Gasteiger partial charge in [-0.3, -0.25) is 4.52 Å². The summed E-state index contributed by atoms with van der Waals surface area (Å²) in [6.07, 6.45) is 1.51. The van der Waals surface area contributed by atoms with Crippen molar-refractivity contribution in [2.24, 2.45) is 0 Å². The largest absolute Gasteiger partial charge is 0.481 e. The number of phosphoric acid groups is 2. The fourth-order valence-corrected chi connectivity index (χ4v) is 5.53. The van der Waals surface area contributed by atoms with E-state index in [-0.39, 0.29) is 13.0 Å². The molecule has 0 aliphatic rings. The maximum atomic E-state index is 11.6. The zero-order valence-corrected chi connectivity index (χ0v) is 19.2. The van der Waals surface area contributed by atoms with E-state index in [0.717, 1.165) is 10.6 Å². The predicted molar refractivity (Wildman–Crippen MR) is 107 cm³/mol. The summed E-state index contributed by atoms with van der Waals surface area (Å²) >= 11 is 1.30. The number of nitrogen functional groups attached to an aromatic ring is 1. The van der Waals surface area contributed by atoms with Gasteiger partial charge < -0.3 is 25.5 Å². The molecule has 0 aliphatic carbocycles. The Morgan fingerprint density at radius 3 is 2.53 bits per heavy atom. The number of aliphatic hydroxyl groups is 1. The number of thiazole rings is 1. The Bertz CT molecular complexity index is 995. The van der Waals surface area contributed by atoms with Crippen molar-refractivity contribution in [2.75, 3.05) is 12.3 Å². The van der Waals surface area contributed by atoms with E-state index in [9.17, 15) is 19.1 Å². The van der Waals surface area contributed by atoms with Gasteiger partial charge in [0.1, 0.15) is 17.7 Å². The molecular formula is C15H25N4O8P2S+. The first-order valence-corrected chi connectivity index (χ1v) is 12.7. The number of aryl methyl sites for hydroxylation is 1. The lowest BCUT2D eigenvalue weighted by Crippen LogP contribution is -2.41. The van der Waals surface area contributed by atoms with Crippen LogP contribution in [0.1, 0.15) is 46.4 Å². The first-order valence-electron chi connectivity index (χ1n) is 8.85. The van der Waals surface area contributed by atoms with E-state index < -0.39 is 21.7 Å². The van der Waals surface area contributed by atoms with E-state index >= 15 is 0 Å². The average molecular weight is 483 g/mol. The molecule has 2 aromatic rings. The first-order chi connectivity index (χ1) is 13.8. The third-order valence-electron chi connectivity index (χ3n) is 4.11. The predicted octanol–water partition coefficient (Wildman–Crippen LogP) is 1.29. The van der Waals surface area contributed by atoms with Crippen molar-refractivity contribution >= 4 is 32.8 Å². The zero-order chi connectivity index (χ0) is 22.7. The summed E-state index contributed by atoms with van der Waals surface area (Å²) in [6.45, 7) is 5.36. The van der Waals surface area contributed by atoms with Crippen LogP contribution in [0.25, 0.3) is 0 Å². The summed E-state index contributed by atoms with van der Waals surface area (Å²) in [7, 11) is -10.1. The summed E-state index contributed by atoms with van der Waals surface area (Å²) in [5.74, 6) is 0.874. The second-order valence-corrected chi connectivity index (χ2v) is 10.4. The van der Waals surface area contributed by atoms with Crippen LogP contribution in [0.3, 0.4) is 0 Å². The number of hydrogen-bond acceptors (Lipinski definition) is 9. The van der Waals surface area contributed by atoms with Crippen LogP contribution in [0.15, 0.2) is 6.20 Å². The molecule has 6 N–H and O–H groups in total. The molecule has 2 atom stereocenters. The molecule has 0 bridgehead atoms. The monoisotopic (exact) mass is 483 g/mol. The van der Waals surface area contributed by atoms with Gasteiger partial charge in [0.05, 0.1) is 17.0 Å². The Balaban J connectivity index is 2.23. The van der Waals surface area contributed by atoms with Crippen LogP contribution in [-0.4, -0.2) is 36.4 Å². The molecule has 0 aromatic carbocycles. The topological polar surface area (TPSA) is 189 Å². The zero-order valence-electron chi connectivity index (χ0n) is 16.6. The van der Waals surface area contributed by atoms with Gasteiger partial charge in [-0.1, -0.05) is 18.3 Å². The average Bonchev–Trinajstić information content (AvgIpc) is 2.90. The van der Waals surface area contributed by atoms with Gasteiger partial charge in [0.25, 0.3) is 5.01 Å². The Kier molecular flexibility index (Phi) is 8.25. The molecule has 0 amide bonds. The summed E-state index contributed by atoms with van der Waals surface area (Å²) in [5, 5.41) is 11.1. The maximum absolute atomic E-state index is 11.6. The van der Waals surface area contributed by atoms with Gasteiger partial charge in [0.2, 0.25) is 0 Å². The van der Waals surface area contributed by atoms with Gasteiger partial charge in [0.15, 0.2) is 12.2 Å². The van der Waals surface area contributed by atoms with Gasteiger partial charge in [-0.25, -0.2) is 19.1 Å². The lowest BCUT2D eigenvalue weighted by Gasteiger charge is -2.11. The van der Waals surface area contributed by atoms with Crippen LogP contribution in [0.4, 0.5) is 5.82 Å². The SMILES string of the molecule is CCC(O)c1sc(CCOP(=O)(O)OP(=O)(O)O)c(C)[n+]1Cc1cnc(C)nc1N. The molecule has 0 saturated carbocycles. The smallest absolute Gasteiger partial charge is 0.383 e. The quantitative estimate of drug-likeness (QED) is 0.242. The van der Waals surface area contributed by atoms with Crippen LogP contribution in [0.2, 0.25) is 0 Å². The molecule has 0 radical (unpaired) electrons. The molecule has 0 fully saturated rings. The molecule has 30 heavy (non-hydrogen) atoms. The fraction of sp³-hybridized carbons (Fsp3) is 0.533. The number of hydrogen-bond donors (Lipinski definition) is 5. The van der Waals surface area contributed by atoms with E-state index in [0.29, 0.717) is 35.2 Å². The van der Waals surface area contributed by atoms with E-state index in [2.05, 4.69) is 18.8 Å². The fourth-order valence-electron chi connectivity index (χ4n) is 2.64. The molecule has 2 aromatic heterocycles. The minimum Gasteiger partial charge on any atom is -0.383 e. The molecular weight excluding hydrogens is 458 g/mol. The van der Waals surface area contributed by atoms with Crippen LogP contribution >= 0.6 is 27.0 Å². The Morgan fingerprint density at radius 2 is 1.97 bits per heavy atom. The molecule has 2 rings (SSSR count). The van der Waals surface area contributed by atoms with Gasteiger partial charge in [0, 0.05) is 19.5 Å². The van der Waals surface area contributed by atoms with Gasteiger partial charge in [-0.15, -0.1) is 0 Å². The van der Waals surface area contributed by atoms with Gasteiger partial charge >= 0.3 is 15.6 Å². The van der Waals surface area contributed by atoms with Crippen LogP contribution in [0, 0.1) is 13.8 Å². The number of rotatable bonds is 10. The summed E-state index contributed by atoms with van der Waals surface area (Å²) in [4.78, 5) is 35.7. The van der Waals surface area contributed by atoms with Crippen molar-refractivity contribution < 1.29 is 42.3 Å². The van der Waals surface area contributed by atoms with Gasteiger partial charge in [-0.2, -0.15) is 8.88 Å². The number of aliphatic hydroxyl groups excluding tert-OH is 1. The standard InChI is InChI=1S/C15H24N4O8P2S/c1-4-12(20)15-19(8-11-7-17-10(3)18-14(11)16)9(2)13(30-15)5-6-26-29(24,25)27-28(21,22)23/h7,12,20H,4-6,8H2,1-3H3,(H4-,16,17,18,21,22,23,24,25)/p+1. The van der Waals surface area contributed by atoms with Crippen molar-refractivity contribution in [2.45, 2.75) is 46.3 Å². The molecule has 168 valence electrons. The Morgan fingerprint density at radius 1 is 1.30 bits per heavy atom. The van der Waals surface area contributed by atoms with Crippen molar-refractivity contribution in [3.8, 4) is 0 Å². The van der Waals surface area contributed by atoms with E-state index in [1.165, 1.54) is 11.3 Å². The molecule has 2 heterocycles. The van der Waals surface area contributed by atoms with E-state index in [1.54, 1.807) is 13.1 Å². The number of nitrogens with zero attached hydrogens (tertiary/aromatic N) is 3. The third-order valence-corrected chi connectivity index (χ3v) is 7.75. The van der Waals surface area contributed by atoms with Crippen LogP contribution in [-0.2, 0) is 30.9 Å². The number of nitrogens with two attached hydrogens (primary N) is 1. The molecule has 0 saturated heterocycles. The van der Waals surface area contributed by atoms with Crippen LogP contribution < -0.4 is 10.3 Å². The lowest BCUT2D eigenvalue weighted by atomic mass is 10.2. The number of anilines is 1. The molecule has 2 unspecified atom stereocenters. The summed E-state index contributed by atoms with van der Waals surface area (Å²) < 4.78 is 32.6. The second-order valence-electron chi connectivity index (χ2n) is 6.41. The van der Waals surface area contributed by atoms with Crippen LogP contribution in [0.5, 0.6) is 0 Å². The van der Waals surface area contributed by atoms with E-state index in [4.69, 9.17) is 15.5 Å².